The van der Waals surface area contributed by atoms with Gasteiger partial charge in [0.15, 0.2) is 0 Å². The number of rotatable bonds is 4. The number of fused-ring (bicyclic) bond motifs is 4. The molecule has 2 aromatic rings. The minimum atomic E-state index is -5.98. The van der Waals surface area contributed by atoms with Crippen molar-refractivity contribution in [2.45, 2.75) is 57.1 Å². The first kappa shape index (κ1) is 27.8. The Morgan fingerprint density at radius 1 is 1.11 bits per heavy atom. The molecule has 0 radical (unpaired) electrons. The maximum Gasteiger partial charge on any atom is 0.430 e. The molecular weight excluding hydrogens is 516 g/mol. The summed E-state index contributed by atoms with van der Waals surface area (Å²) in [6.45, 7) is 7.37. The third-order valence-corrected chi connectivity index (χ3v) is 7.30. The van der Waals surface area contributed by atoms with Crippen LogP contribution in [0.2, 0.25) is 0 Å². The number of benzene rings is 2. The van der Waals surface area contributed by atoms with E-state index in [0.29, 0.717) is 23.1 Å². The number of halogens is 6. The summed E-state index contributed by atoms with van der Waals surface area (Å²) in [5, 5.41) is 13.1. The van der Waals surface area contributed by atoms with Crippen molar-refractivity contribution in [2.75, 3.05) is 18.5 Å². The van der Waals surface area contributed by atoms with Crippen molar-refractivity contribution in [2.24, 2.45) is 5.92 Å². The molecule has 0 spiro atoms. The summed E-state index contributed by atoms with van der Waals surface area (Å²) in [5.74, 6) is -0.500. The molecular formula is C27H27F6NO4. The van der Waals surface area contributed by atoms with E-state index in [1.807, 2.05) is 13.8 Å². The summed E-state index contributed by atoms with van der Waals surface area (Å²) in [6.07, 6.45) is -10.2. The number of anilines is 1. The fourth-order valence-corrected chi connectivity index (χ4v) is 4.99. The first-order valence-electron chi connectivity index (χ1n) is 11.8. The number of esters is 1. The van der Waals surface area contributed by atoms with Crippen LogP contribution in [0.25, 0.3) is 0 Å². The Hall–Kier alpha value is -3.21. The Morgan fingerprint density at radius 3 is 2.37 bits per heavy atom. The van der Waals surface area contributed by atoms with E-state index in [2.05, 4.69) is 5.32 Å². The van der Waals surface area contributed by atoms with Gasteiger partial charge in [-0.15, -0.1) is 0 Å². The first-order valence-corrected chi connectivity index (χ1v) is 11.8. The monoisotopic (exact) mass is 543 g/mol. The summed E-state index contributed by atoms with van der Waals surface area (Å²) in [5.41, 5.74) is -4.78. The van der Waals surface area contributed by atoms with Crippen LogP contribution in [0.3, 0.4) is 0 Å². The van der Waals surface area contributed by atoms with Crippen LogP contribution in [0.5, 0.6) is 5.75 Å². The van der Waals surface area contributed by atoms with Gasteiger partial charge in [0.25, 0.3) is 5.60 Å². The van der Waals surface area contributed by atoms with Gasteiger partial charge >= 0.3 is 18.3 Å². The molecule has 2 aromatic carbocycles. The Bertz CT molecular complexity index is 1260. The van der Waals surface area contributed by atoms with Crippen LogP contribution >= 0.6 is 0 Å². The van der Waals surface area contributed by atoms with Gasteiger partial charge in [0, 0.05) is 28.1 Å². The Labute approximate surface area is 215 Å². The fraction of sp³-hybridized carbons (Fsp3) is 0.444. The van der Waals surface area contributed by atoms with Gasteiger partial charge in [-0.1, -0.05) is 31.6 Å². The molecule has 2 aliphatic rings. The third-order valence-electron chi connectivity index (χ3n) is 7.30. The van der Waals surface area contributed by atoms with Gasteiger partial charge in [0.05, 0.1) is 18.2 Å². The molecule has 2 N–H and O–H groups in total. The lowest BCUT2D eigenvalue weighted by molar-refractivity contribution is -0.376. The topological polar surface area (TPSA) is 67.8 Å². The zero-order valence-corrected chi connectivity index (χ0v) is 21.1. The average molecular weight is 544 g/mol. The number of hydrogen-bond acceptors (Lipinski definition) is 5. The lowest BCUT2D eigenvalue weighted by Crippen LogP contribution is -2.54. The maximum atomic E-state index is 13.5. The highest BCUT2D eigenvalue weighted by molar-refractivity contribution is 5.90. The number of carbonyl (C=O) groups excluding carboxylic acids is 1. The number of aliphatic hydroxyl groups is 1. The van der Waals surface area contributed by atoms with Crippen molar-refractivity contribution in [3.8, 4) is 5.75 Å². The van der Waals surface area contributed by atoms with Gasteiger partial charge in [0.1, 0.15) is 12.4 Å². The normalized spacial score (nSPS) is 20.2. The predicted octanol–water partition coefficient (Wildman–Crippen LogP) is 6.57. The summed E-state index contributed by atoms with van der Waals surface area (Å²) < 4.78 is 92.1. The molecule has 2 heterocycles. The number of nitrogens with one attached hydrogen (secondary N) is 1. The van der Waals surface area contributed by atoms with E-state index >= 15 is 0 Å². The van der Waals surface area contributed by atoms with E-state index in [1.165, 1.54) is 0 Å². The molecule has 0 saturated heterocycles. The molecule has 11 heteroatoms. The summed E-state index contributed by atoms with van der Waals surface area (Å²) in [7, 11) is 0. The van der Waals surface area contributed by atoms with E-state index in [0.717, 1.165) is 17.7 Å². The van der Waals surface area contributed by atoms with Crippen LogP contribution in [0.4, 0.5) is 32.0 Å². The number of ether oxygens (including phenoxy) is 2. The average Bonchev–Trinajstić information content (AvgIpc) is 2.81. The van der Waals surface area contributed by atoms with Crippen LogP contribution in [0.15, 0.2) is 48.0 Å². The van der Waals surface area contributed by atoms with Crippen molar-refractivity contribution >= 4 is 11.7 Å². The standard InChI is InChI=1S/C27H27F6NO4/c1-14(2)9-10-37-23(35)15-5-7-17-21(11-15)38-13-19-22(17)34-20-8-6-16(12-18(20)24(19,3)4)25(36,26(28,29)30)27(31,32)33/h5-9,11-12,19,22,34,36H,10,13H2,1-4H3. The minimum Gasteiger partial charge on any atom is -0.493 e. The van der Waals surface area contributed by atoms with E-state index in [9.17, 15) is 36.2 Å². The molecule has 4 rings (SSSR count). The van der Waals surface area contributed by atoms with Crippen molar-refractivity contribution in [3.63, 3.8) is 0 Å². The second kappa shape index (κ2) is 9.21. The number of carbonyl (C=O) groups is 1. The van der Waals surface area contributed by atoms with E-state index in [-0.39, 0.29) is 24.3 Å². The Morgan fingerprint density at radius 2 is 1.76 bits per heavy atom. The van der Waals surface area contributed by atoms with E-state index in [1.54, 1.807) is 38.1 Å². The Balaban J connectivity index is 1.69. The molecule has 206 valence electrons. The molecule has 0 saturated carbocycles. The molecule has 0 bridgehead atoms. The highest BCUT2D eigenvalue weighted by atomic mass is 19.4. The quantitative estimate of drug-likeness (QED) is 0.259. The molecule has 0 aliphatic carbocycles. The van der Waals surface area contributed by atoms with Crippen molar-refractivity contribution < 1.29 is 45.7 Å². The zero-order chi connectivity index (χ0) is 28.3. The van der Waals surface area contributed by atoms with Crippen LogP contribution in [0, 0.1) is 5.92 Å². The van der Waals surface area contributed by atoms with Crippen molar-refractivity contribution in [1.29, 1.82) is 0 Å². The maximum absolute atomic E-state index is 13.5. The second-order valence-corrected chi connectivity index (χ2v) is 10.4. The minimum absolute atomic E-state index is 0.0837. The molecule has 5 nitrogen and oxygen atoms in total. The lowest BCUT2D eigenvalue weighted by atomic mass is 9.64. The molecule has 2 aliphatic heterocycles. The van der Waals surface area contributed by atoms with Crippen LogP contribution in [-0.4, -0.2) is 36.6 Å². The molecule has 0 fully saturated rings. The van der Waals surface area contributed by atoms with Crippen molar-refractivity contribution in [3.05, 3.63) is 70.3 Å². The molecule has 2 atom stereocenters. The SMILES string of the molecule is CC(C)=CCOC(=O)c1ccc2c(c1)OCC1C2Nc2ccc(C(O)(C(F)(F)F)C(F)(F)F)cc2C1(C)C. The Kier molecular flexibility index (Phi) is 6.75. The largest absolute Gasteiger partial charge is 0.493 e. The summed E-state index contributed by atoms with van der Waals surface area (Å²) in [6, 6.07) is 6.95. The van der Waals surface area contributed by atoms with Gasteiger partial charge in [-0.05, 0) is 49.8 Å². The van der Waals surface area contributed by atoms with Gasteiger partial charge < -0.3 is 19.9 Å². The zero-order valence-electron chi connectivity index (χ0n) is 21.1. The van der Waals surface area contributed by atoms with Gasteiger partial charge in [0.2, 0.25) is 0 Å². The number of hydrogen-bond donors (Lipinski definition) is 2. The summed E-state index contributed by atoms with van der Waals surface area (Å²) >= 11 is 0. The van der Waals surface area contributed by atoms with Crippen LogP contribution in [0.1, 0.15) is 60.8 Å². The van der Waals surface area contributed by atoms with Crippen LogP contribution in [-0.2, 0) is 15.8 Å². The first-order chi connectivity index (χ1) is 17.5. The highest BCUT2D eigenvalue weighted by Crippen LogP contribution is 2.55. The van der Waals surface area contributed by atoms with Gasteiger partial charge in [-0.25, -0.2) is 4.79 Å². The van der Waals surface area contributed by atoms with E-state index in [4.69, 9.17) is 9.47 Å². The lowest BCUT2D eigenvalue weighted by Gasteiger charge is -2.49. The second-order valence-electron chi connectivity index (χ2n) is 10.4. The smallest absolute Gasteiger partial charge is 0.430 e. The fourth-order valence-electron chi connectivity index (χ4n) is 4.99. The van der Waals surface area contributed by atoms with Gasteiger partial charge in [-0.2, -0.15) is 26.3 Å². The summed E-state index contributed by atoms with van der Waals surface area (Å²) in [4.78, 5) is 12.4. The third kappa shape index (κ3) is 4.50. The predicted molar refractivity (Wildman–Crippen MR) is 127 cm³/mol. The molecule has 0 aromatic heterocycles. The number of alkyl halides is 6. The molecule has 38 heavy (non-hydrogen) atoms. The van der Waals surface area contributed by atoms with Gasteiger partial charge in [-0.3, -0.25) is 0 Å². The molecule has 2 unspecified atom stereocenters. The highest BCUT2D eigenvalue weighted by Gasteiger charge is 2.71. The van der Waals surface area contributed by atoms with Crippen molar-refractivity contribution in [1.82, 2.24) is 0 Å². The van der Waals surface area contributed by atoms with Crippen LogP contribution < -0.4 is 10.1 Å². The van der Waals surface area contributed by atoms with E-state index < -0.39 is 46.9 Å². The molecule has 0 amide bonds. The number of allylic oxidation sites excluding steroid dienone is 1.